The number of imidazole rings is 1. The molecular weight excluding hydrogens is 512 g/mol. The first kappa shape index (κ1) is 26.2. The lowest BCUT2D eigenvalue weighted by atomic mass is 9.84. The molecule has 4 atom stereocenters. The molecule has 0 aromatic carbocycles. The van der Waals surface area contributed by atoms with Gasteiger partial charge in [0.25, 0.3) is 0 Å². The Hall–Kier alpha value is -2.05. The van der Waals surface area contributed by atoms with Gasteiger partial charge in [-0.25, -0.2) is 19.7 Å². The SMILES string of the molecule is CC(C)(C)OC(=O)N1CCC2(CCCN2C[C@H]2O[C@@H](n3cnc4c(Cl)ncnc43)[C@@H]3OC(C)(C)O[C@@H]32)CC1. The van der Waals surface area contributed by atoms with Gasteiger partial charge in [0.1, 0.15) is 35.8 Å². The van der Waals surface area contributed by atoms with Crippen LogP contribution in [0.2, 0.25) is 5.15 Å². The van der Waals surface area contributed by atoms with E-state index in [1.54, 1.807) is 6.33 Å². The van der Waals surface area contributed by atoms with Crippen molar-refractivity contribution < 1.29 is 23.7 Å². The summed E-state index contributed by atoms with van der Waals surface area (Å²) in [4.78, 5) is 29.9. The normalized spacial score (nSPS) is 30.8. The van der Waals surface area contributed by atoms with Crippen molar-refractivity contribution in [2.75, 3.05) is 26.2 Å². The molecule has 4 aliphatic rings. The lowest BCUT2D eigenvalue weighted by molar-refractivity contribution is -0.199. The minimum atomic E-state index is -0.722. The topological polar surface area (TPSA) is 104 Å². The molecule has 208 valence electrons. The van der Waals surface area contributed by atoms with Crippen LogP contribution in [0.15, 0.2) is 12.7 Å². The Balaban J connectivity index is 1.19. The van der Waals surface area contributed by atoms with Gasteiger partial charge in [-0.1, -0.05) is 11.6 Å². The van der Waals surface area contributed by atoms with E-state index < -0.39 is 17.6 Å². The molecule has 6 rings (SSSR count). The predicted octanol–water partition coefficient (Wildman–Crippen LogP) is 3.76. The van der Waals surface area contributed by atoms with Crippen molar-refractivity contribution in [3.8, 4) is 0 Å². The van der Waals surface area contributed by atoms with Gasteiger partial charge in [0.15, 0.2) is 22.8 Å². The molecule has 6 heterocycles. The Kier molecular flexibility index (Phi) is 6.38. The number of ether oxygens (including phenoxy) is 4. The van der Waals surface area contributed by atoms with Crippen LogP contribution in [0.1, 0.15) is 66.5 Å². The van der Waals surface area contributed by atoms with Crippen molar-refractivity contribution in [1.29, 1.82) is 0 Å². The average Bonchev–Trinajstić information content (AvgIpc) is 3.57. The maximum Gasteiger partial charge on any atom is 0.410 e. The van der Waals surface area contributed by atoms with Gasteiger partial charge in [0, 0.05) is 25.2 Å². The Morgan fingerprint density at radius 3 is 2.58 bits per heavy atom. The van der Waals surface area contributed by atoms with Crippen LogP contribution in [0, 0.1) is 0 Å². The van der Waals surface area contributed by atoms with Crippen LogP contribution in [0.4, 0.5) is 4.79 Å². The van der Waals surface area contributed by atoms with Crippen molar-refractivity contribution in [3.05, 3.63) is 17.8 Å². The van der Waals surface area contributed by atoms with Crippen LogP contribution in [-0.2, 0) is 18.9 Å². The molecule has 1 amide bonds. The molecule has 12 heteroatoms. The van der Waals surface area contributed by atoms with E-state index in [0.717, 1.165) is 38.8 Å². The van der Waals surface area contributed by atoms with Crippen LogP contribution >= 0.6 is 11.6 Å². The van der Waals surface area contributed by atoms with E-state index in [1.165, 1.54) is 6.33 Å². The number of nitrogens with zero attached hydrogens (tertiary/aromatic N) is 6. The van der Waals surface area contributed by atoms with Crippen LogP contribution in [0.25, 0.3) is 11.2 Å². The molecule has 38 heavy (non-hydrogen) atoms. The summed E-state index contributed by atoms with van der Waals surface area (Å²) in [6.45, 7) is 12.7. The van der Waals surface area contributed by atoms with Crippen LogP contribution < -0.4 is 0 Å². The van der Waals surface area contributed by atoms with Crippen LogP contribution in [0.5, 0.6) is 0 Å². The van der Waals surface area contributed by atoms with Gasteiger partial charge in [-0.05, 0) is 66.8 Å². The summed E-state index contributed by atoms with van der Waals surface area (Å²) >= 11 is 6.26. The molecule has 4 aliphatic heterocycles. The third kappa shape index (κ3) is 4.66. The Morgan fingerprint density at radius 1 is 1.11 bits per heavy atom. The fraction of sp³-hybridized carbons (Fsp3) is 0.769. The van der Waals surface area contributed by atoms with Crippen molar-refractivity contribution in [1.82, 2.24) is 29.3 Å². The van der Waals surface area contributed by atoms with E-state index in [0.29, 0.717) is 29.4 Å². The molecule has 4 saturated heterocycles. The first-order valence-corrected chi connectivity index (χ1v) is 13.9. The monoisotopic (exact) mass is 548 g/mol. The Bertz CT molecular complexity index is 1210. The average molecular weight is 549 g/mol. The Labute approximate surface area is 227 Å². The number of aromatic nitrogens is 4. The Morgan fingerprint density at radius 2 is 1.84 bits per heavy atom. The molecule has 0 aliphatic carbocycles. The zero-order valence-electron chi connectivity index (χ0n) is 22.7. The molecule has 2 aromatic rings. The number of halogens is 1. The molecule has 0 bridgehead atoms. The molecule has 0 unspecified atom stereocenters. The molecular formula is C26H37ClN6O5. The lowest BCUT2D eigenvalue weighted by Crippen LogP contribution is -2.56. The summed E-state index contributed by atoms with van der Waals surface area (Å²) in [5.41, 5.74) is 0.696. The molecule has 1 spiro atoms. The van der Waals surface area contributed by atoms with E-state index in [9.17, 15) is 4.79 Å². The summed E-state index contributed by atoms with van der Waals surface area (Å²) < 4.78 is 26.9. The first-order chi connectivity index (χ1) is 17.9. The van der Waals surface area contributed by atoms with Gasteiger partial charge in [0.2, 0.25) is 0 Å². The second-order valence-corrected chi connectivity index (χ2v) is 12.7. The van der Waals surface area contributed by atoms with Gasteiger partial charge in [-0.3, -0.25) is 9.47 Å². The van der Waals surface area contributed by atoms with Crippen molar-refractivity contribution in [2.45, 2.75) is 102 Å². The lowest BCUT2D eigenvalue weighted by Gasteiger charge is -2.46. The van der Waals surface area contributed by atoms with Crippen molar-refractivity contribution >= 4 is 28.9 Å². The number of rotatable bonds is 3. The second kappa shape index (κ2) is 9.26. The molecule has 4 fully saturated rings. The summed E-state index contributed by atoms with van der Waals surface area (Å²) in [5, 5.41) is 0.306. The number of hydrogen-bond donors (Lipinski definition) is 0. The molecule has 2 aromatic heterocycles. The summed E-state index contributed by atoms with van der Waals surface area (Å²) in [7, 11) is 0. The number of hydrogen-bond acceptors (Lipinski definition) is 9. The first-order valence-electron chi connectivity index (χ1n) is 13.5. The maximum atomic E-state index is 12.6. The van der Waals surface area contributed by atoms with Gasteiger partial charge < -0.3 is 23.8 Å². The quantitative estimate of drug-likeness (QED) is 0.530. The smallest absolute Gasteiger partial charge is 0.410 e. The van der Waals surface area contributed by atoms with E-state index in [1.807, 2.05) is 44.1 Å². The number of likely N-dealkylation sites (tertiary alicyclic amines) is 2. The molecule has 0 saturated carbocycles. The fourth-order valence-electron chi connectivity index (χ4n) is 6.53. The number of piperidine rings is 1. The van der Waals surface area contributed by atoms with Crippen molar-refractivity contribution in [2.24, 2.45) is 0 Å². The van der Waals surface area contributed by atoms with E-state index in [-0.39, 0.29) is 29.9 Å². The fourth-order valence-corrected chi connectivity index (χ4v) is 6.71. The van der Waals surface area contributed by atoms with Gasteiger partial charge in [0.05, 0.1) is 6.33 Å². The zero-order chi connectivity index (χ0) is 26.9. The highest BCUT2D eigenvalue weighted by Gasteiger charge is 2.57. The highest BCUT2D eigenvalue weighted by Crippen LogP contribution is 2.46. The molecule has 0 N–H and O–H groups in total. The van der Waals surface area contributed by atoms with E-state index >= 15 is 0 Å². The number of amides is 1. The minimum absolute atomic E-state index is 0.0485. The summed E-state index contributed by atoms with van der Waals surface area (Å²) in [5.74, 6) is -0.722. The standard InChI is InChI=1S/C26H37ClN6O5/c1-24(2,3)38-23(34)31-11-8-26(9-12-31)7-6-10-32(26)13-16-18-19(37-25(4,5)36-18)22(35-16)33-15-30-17-20(27)28-14-29-21(17)33/h14-16,18-19,22H,6-13H2,1-5H3/t16-,18-,19-,22-/m1/s1. The van der Waals surface area contributed by atoms with Gasteiger partial charge >= 0.3 is 6.09 Å². The predicted molar refractivity (Wildman–Crippen MR) is 139 cm³/mol. The number of carbonyl (C=O) groups excluding carboxylic acids is 1. The molecule has 0 radical (unpaired) electrons. The third-order valence-electron chi connectivity index (χ3n) is 8.20. The highest BCUT2D eigenvalue weighted by molar-refractivity contribution is 6.33. The molecule has 11 nitrogen and oxygen atoms in total. The van der Waals surface area contributed by atoms with Crippen LogP contribution in [0.3, 0.4) is 0 Å². The summed E-state index contributed by atoms with van der Waals surface area (Å²) in [6.07, 6.45) is 5.78. The van der Waals surface area contributed by atoms with Crippen LogP contribution in [-0.4, -0.2) is 96.8 Å². The van der Waals surface area contributed by atoms with Gasteiger partial charge in [-0.2, -0.15) is 0 Å². The maximum absolute atomic E-state index is 12.6. The minimum Gasteiger partial charge on any atom is -0.444 e. The van der Waals surface area contributed by atoms with Crippen molar-refractivity contribution in [3.63, 3.8) is 0 Å². The zero-order valence-corrected chi connectivity index (χ0v) is 23.5. The van der Waals surface area contributed by atoms with E-state index in [2.05, 4.69) is 19.9 Å². The second-order valence-electron chi connectivity index (χ2n) is 12.4. The van der Waals surface area contributed by atoms with Gasteiger partial charge in [-0.15, -0.1) is 0 Å². The number of carbonyl (C=O) groups is 1. The summed E-state index contributed by atoms with van der Waals surface area (Å²) in [6, 6.07) is 0. The highest BCUT2D eigenvalue weighted by atomic mass is 35.5. The third-order valence-corrected chi connectivity index (χ3v) is 8.48. The largest absolute Gasteiger partial charge is 0.444 e. The number of fused-ring (bicyclic) bond motifs is 2. The van der Waals surface area contributed by atoms with E-state index in [4.69, 9.17) is 30.5 Å².